The van der Waals surface area contributed by atoms with Gasteiger partial charge in [-0.25, -0.2) is 0 Å². The molecule has 0 aromatic heterocycles. The van der Waals surface area contributed by atoms with E-state index in [1.54, 1.807) is 0 Å². The maximum Gasteiger partial charge on any atom is 0.0564 e. The largest absolute Gasteiger partial charge is 0.393 e. The number of nitrogens with zero attached hydrogens (tertiary/aromatic N) is 3. The predicted octanol–water partition coefficient (Wildman–Crippen LogP) is 2.73. The average molecular weight is 346 g/mol. The van der Waals surface area contributed by atoms with E-state index in [1.807, 2.05) is 0 Å². The molecule has 2 saturated heterocycles. The van der Waals surface area contributed by atoms with Gasteiger partial charge in [-0.2, -0.15) is 0 Å². The normalized spacial score (nSPS) is 23.2. The molecule has 2 aliphatic heterocycles. The number of benzene rings is 1. The Morgan fingerprint density at radius 3 is 2.40 bits per heavy atom. The second-order valence-electron chi connectivity index (χ2n) is 8.16. The molecule has 1 N–H and O–H groups in total. The first-order chi connectivity index (χ1) is 12.0. The highest BCUT2D eigenvalue weighted by molar-refractivity contribution is 5.25. The molecule has 4 heteroatoms. The van der Waals surface area contributed by atoms with E-state index in [9.17, 15) is 5.11 Å². The highest BCUT2D eigenvalue weighted by atomic mass is 16.3. The van der Waals surface area contributed by atoms with Crippen molar-refractivity contribution in [2.75, 3.05) is 40.3 Å². The minimum absolute atomic E-state index is 0.0619. The van der Waals surface area contributed by atoms with Crippen molar-refractivity contribution in [3.05, 3.63) is 35.4 Å². The highest BCUT2D eigenvalue weighted by Crippen LogP contribution is 2.23. The number of aliphatic hydroxyl groups is 1. The Morgan fingerprint density at radius 1 is 1.08 bits per heavy atom. The Morgan fingerprint density at radius 2 is 1.76 bits per heavy atom. The summed E-state index contributed by atoms with van der Waals surface area (Å²) in [4.78, 5) is 7.48. The van der Waals surface area contributed by atoms with Crippen LogP contribution in [0.25, 0.3) is 0 Å². The van der Waals surface area contributed by atoms with Crippen LogP contribution in [0.2, 0.25) is 0 Å². The van der Waals surface area contributed by atoms with E-state index in [-0.39, 0.29) is 6.10 Å². The van der Waals surface area contributed by atoms with Crippen LogP contribution in [0.1, 0.15) is 49.8 Å². The first-order valence-corrected chi connectivity index (χ1v) is 9.92. The van der Waals surface area contributed by atoms with Crippen LogP contribution in [-0.2, 0) is 6.54 Å². The van der Waals surface area contributed by atoms with Crippen LogP contribution < -0.4 is 0 Å². The third-order valence-corrected chi connectivity index (χ3v) is 6.19. The average Bonchev–Trinajstić information content (AvgIpc) is 2.62. The predicted molar refractivity (Wildman–Crippen MR) is 104 cm³/mol. The zero-order valence-corrected chi connectivity index (χ0v) is 16.2. The van der Waals surface area contributed by atoms with E-state index >= 15 is 0 Å². The van der Waals surface area contributed by atoms with Crippen LogP contribution in [0, 0.1) is 0 Å². The smallest absolute Gasteiger partial charge is 0.0564 e. The Labute approximate surface area is 153 Å². The van der Waals surface area contributed by atoms with Crippen molar-refractivity contribution in [1.82, 2.24) is 14.7 Å². The fourth-order valence-electron chi connectivity index (χ4n) is 4.20. The molecule has 3 rings (SSSR count). The molecule has 0 aliphatic carbocycles. The number of likely N-dealkylation sites (tertiary alicyclic amines) is 2. The first kappa shape index (κ1) is 18.8. The second kappa shape index (κ2) is 8.63. The van der Waals surface area contributed by atoms with Crippen molar-refractivity contribution in [1.29, 1.82) is 0 Å². The molecule has 0 unspecified atom stereocenters. The summed E-state index contributed by atoms with van der Waals surface area (Å²) < 4.78 is 0. The maximum absolute atomic E-state index is 9.69. The van der Waals surface area contributed by atoms with Crippen LogP contribution in [0.15, 0.2) is 24.3 Å². The van der Waals surface area contributed by atoms with Gasteiger partial charge in [-0.05, 0) is 70.9 Å². The molecule has 0 saturated carbocycles. The minimum atomic E-state index is -0.0619. The monoisotopic (exact) mass is 345 g/mol. The molecule has 0 bridgehead atoms. The van der Waals surface area contributed by atoms with Gasteiger partial charge in [0.15, 0.2) is 0 Å². The molecule has 2 heterocycles. The Bertz CT molecular complexity index is 532. The molecule has 0 radical (unpaired) electrons. The minimum Gasteiger partial charge on any atom is -0.393 e. The second-order valence-corrected chi connectivity index (χ2v) is 8.16. The molecule has 2 fully saturated rings. The summed E-state index contributed by atoms with van der Waals surface area (Å²) in [5.41, 5.74) is 2.84. The van der Waals surface area contributed by atoms with Crippen LogP contribution >= 0.6 is 0 Å². The van der Waals surface area contributed by atoms with Crippen molar-refractivity contribution >= 4 is 0 Å². The van der Waals surface area contributed by atoms with Gasteiger partial charge < -0.3 is 14.9 Å². The van der Waals surface area contributed by atoms with Gasteiger partial charge in [0.25, 0.3) is 0 Å². The SMILES string of the molecule is C[C@H](c1cccc(CN2CCC(N3CCC(O)CC3)CC2)c1)N(C)C. The maximum atomic E-state index is 9.69. The van der Waals surface area contributed by atoms with Crippen molar-refractivity contribution in [2.45, 2.75) is 57.3 Å². The zero-order valence-electron chi connectivity index (χ0n) is 16.2. The number of hydrogen-bond acceptors (Lipinski definition) is 4. The van der Waals surface area contributed by atoms with E-state index in [0.717, 1.165) is 38.5 Å². The zero-order chi connectivity index (χ0) is 17.8. The summed E-state index contributed by atoms with van der Waals surface area (Å²) in [5, 5.41) is 9.69. The lowest BCUT2D eigenvalue weighted by Gasteiger charge is -2.41. The van der Waals surface area contributed by atoms with Gasteiger partial charge in [-0.3, -0.25) is 4.90 Å². The summed E-state index contributed by atoms with van der Waals surface area (Å²) in [6.07, 6.45) is 4.38. The number of rotatable bonds is 5. The molecule has 0 spiro atoms. The van der Waals surface area contributed by atoms with E-state index in [2.05, 4.69) is 60.0 Å². The van der Waals surface area contributed by atoms with E-state index < -0.39 is 0 Å². The summed E-state index contributed by atoms with van der Waals surface area (Å²) >= 11 is 0. The van der Waals surface area contributed by atoms with Crippen LogP contribution in [-0.4, -0.2) is 72.2 Å². The first-order valence-electron chi connectivity index (χ1n) is 9.92. The molecule has 2 aliphatic rings. The number of hydrogen-bond donors (Lipinski definition) is 1. The lowest BCUT2D eigenvalue weighted by Crippen LogP contribution is -2.48. The fraction of sp³-hybridized carbons (Fsp3) is 0.714. The Hall–Kier alpha value is -0.940. The molecule has 1 aromatic rings. The fourth-order valence-corrected chi connectivity index (χ4v) is 4.20. The van der Waals surface area contributed by atoms with Crippen LogP contribution in [0.5, 0.6) is 0 Å². The van der Waals surface area contributed by atoms with Crippen molar-refractivity contribution in [2.24, 2.45) is 0 Å². The van der Waals surface area contributed by atoms with Crippen molar-refractivity contribution in [3.63, 3.8) is 0 Å². The van der Waals surface area contributed by atoms with Gasteiger partial charge in [0.05, 0.1) is 6.10 Å². The van der Waals surface area contributed by atoms with E-state index in [1.165, 1.54) is 37.1 Å². The molecule has 4 nitrogen and oxygen atoms in total. The molecule has 1 atom stereocenters. The Balaban J connectivity index is 1.50. The van der Waals surface area contributed by atoms with Gasteiger partial charge in [-0.1, -0.05) is 24.3 Å². The third-order valence-electron chi connectivity index (χ3n) is 6.19. The van der Waals surface area contributed by atoms with Crippen LogP contribution in [0.4, 0.5) is 0 Å². The van der Waals surface area contributed by atoms with Crippen molar-refractivity contribution < 1.29 is 5.11 Å². The standard InChI is InChI=1S/C21H35N3O/c1-17(22(2)3)19-6-4-5-18(15-19)16-23-11-7-20(8-12-23)24-13-9-21(25)10-14-24/h4-6,15,17,20-21,25H,7-14,16H2,1-3H3/t17-/m1/s1. The van der Waals surface area contributed by atoms with Gasteiger partial charge >= 0.3 is 0 Å². The van der Waals surface area contributed by atoms with Gasteiger partial charge in [0.1, 0.15) is 0 Å². The van der Waals surface area contributed by atoms with Gasteiger partial charge in [-0.15, -0.1) is 0 Å². The highest BCUT2D eigenvalue weighted by Gasteiger charge is 2.27. The molecule has 0 amide bonds. The molecule has 25 heavy (non-hydrogen) atoms. The number of aliphatic hydroxyl groups excluding tert-OH is 1. The summed E-state index contributed by atoms with van der Waals surface area (Å²) in [5.74, 6) is 0. The Kier molecular flexibility index (Phi) is 6.50. The summed E-state index contributed by atoms with van der Waals surface area (Å²) in [6.45, 7) is 7.88. The molecular formula is C21H35N3O. The lowest BCUT2D eigenvalue weighted by molar-refractivity contribution is 0.0375. The van der Waals surface area contributed by atoms with E-state index in [4.69, 9.17) is 0 Å². The van der Waals surface area contributed by atoms with Crippen molar-refractivity contribution in [3.8, 4) is 0 Å². The number of piperidine rings is 2. The van der Waals surface area contributed by atoms with E-state index in [0.29, 0.717) is 6.04 Å². The molecule has 1 aromatic carbocycles. The lowest BCUT2D eigenvalue weighted by atomic mass is 9.98. The summed E-state index contributed by atoms with van der Waals surface area (Å²) in [6, 6.07) is 10.3. The molecule has 140 valence electrons. The third kappa shape index (κ3) is 5.04. The quantitative estimate of drug-likeness (QED) is 0.889. The molecular weight excluding hydrogens is 310 g/mol. The topological polar surface area (TPSA) is 30.0 Å². The van der Waals surface area contributed by atoms with Gasteiger partial charge in [0, 0.05) is 31.7 Å². The summed E-state index contributed by atoms with van der Waals surface area (Å²) in [7, 11) is 4.28. The van der Waals surface area contributed by atoms with Gasteiger partial charge in [0.2, 0.25) is 0 Å². The van der Waals surface area contributed by atoms with Crippen LogP contribution in [0.3, 0.4) is 0 Å².